The molecule has 0 radical (unpaired) electrons. The molecule has 0 N–H and O–H groups in total. The predicted molar refractivity (Wildman–Crippen MR) is 56.1 cm³/mol. The van der Waals surface area contributed by atoms with Gasteiger partial charge in [0.1, 0.15) is 0 Å². The maximum Gasteiger partial charge on any atom is 0.308 e. The second-order valence-corrected chi connectivity index (χ2v) is 3.96. The largest absolute Gasteiger partial charge is 0.463 e. The SMILES string of the molecule is CC[C@H](CC(=O)OC(C)C)OC(C)C. The highest BCUT2D eigenvalue weighted by Gasteiger charge is 2.15. The molecule has 1 atom stereocenters. The monoisotopic (exact) mass is 202 g/mol. The molecule has 0 unspecified atom stereocenters. The fourth-order valence-corrected chi connectivity index (χ4v) is 1.17. The molecule has 0 rings (SSSR count). The summed E-state index contributed by atoms with van der Waals surface area (Å²) < 4.78 is 10.6. The van der Waals surface area contributed by atoms with Crippen molar-refractivity contribution in [2.75, 3.05) is 0 Å². The fraction of sp³-hybridized carbons (Fsp3) is 0.909. The Hall–Kier alpha value is -0.570. The number of carbonyl (C=O) groups excluding carboxylic acids is 1. The number of ether oxygens (including phenoxy) is 2. The average molecular weight is 202 g/mol. The Balaban J connectivity index is 3.86. The van der Waals surface area contributed by atoms with Crippen LogP contribution in [-0.4, -0.2) is 24.3 Å². The van der Waals surface area contributed by atoms with Crippen molar-refractivity contribution in [1.29, 1.82) is 0 Å². The number of rotatable bonds is 6. The molecule has 0 saturated carbocycles. The summed E-state index contributed by atoms with van der Waals surface area (Å²) in [5.74, 6) is -0.174. The van der Waals surface area contributed by atoms with E-state index < -0.39 is 0 Å². The standard InChI is InChI=1S/C11H22O3/c1-6-10(13-8(2)3)7-11(12)14-9(4)5/h8-10H,6-7H2,1-5H3/t10-/m1/s1. The van der Waals surface area contributed by atoms with E-state index in [9.17, 15) is 4.79 Å². The smallest absolute Gasteiger partial charge is 0.308 e. The van der Waals surface area contributed by atoms with E-state index in [1.165, 1.54) is 0 Å². The van der Waals surface area contributed by atoms with Gasteiger partial charge >= 0.3 is 5.97 Å². The number of hydrogen-bond donors (Lipinski definition) is 0. The zero-order chi connectivity index (χ0) is 11.1. The van der Waals surface area contributed by atoms with Gasteiger partial charge in [-0.1, -0.05) is 6.92 Å². The molecule has 0 spiro atoms. The van der Waals surface area contributed by atoms with Crippen LogP contribution in [0.3, 0.4) is 0 Å². The van der Waals surface area contributed by atoms with Crippen LogP contribution in [-0.2, 0) is 14.3 Å². The Morgan fingerprint density at radius 1 is 1.14 bits per heavy atom. The van der Waals surface area contributed by atoms with Crippen molar-refractivity contribution in [2.45, 2.75) is 65.8 Å². The van der Waals surface area contributed by atoms with Crippen LogP contribution in [0.25, 0.3) is 0 Å². The van der Waals surface area contributed by atoms with Crippen molar-refractivity contribution in [3.63, 3.8) is 0 Å². The molecule has 0 bridgehead atoms. The van der Waals surface area contributed by atoms with Gasteiger partial charge in [-0.05, 0) is 34.1 Å². The number of esters is 1. The lowest BCUT2D eigenvalue weighted by atomic mass is 10.2. The van der Waals surface area contributed by atoms with Gasteiger partial charge in [0.15, 0.2) is 0 Å². The van der Waals surface area contributed by atoms with Crippen molar-refractivity contribution in [3.05, 3.63) is 0 Å². The highest BCUT2D eigenvalue weighted by Crippen LogP contribution is 2.08. The summed E-state index contributed by atoms with van der Waals surface area (Å²) in [5.41, 5.74) is 0. The predicted octanol–water partition coefficient (Wildman–Crippen LogP) is 2.53. The lowest BCUT2D eigenvalue weighted by molar-refractivity contribution is -0.151. The van der Waals surface area contributed by atoms with Gasteiger partial charge in [-0.2, -0.15) is 0 Å². The van der Waals surface area contributed by atoms with Crippen LogP contribution in [0, 0.1) is 0 Å². The van der Waals surface area contributed by atoms with Gasteiger partial charge in [0.25, 0.3) is 0 Å². The van der Waals surface area contributed by atoms with E-state index in [0.29, 0.717) is 6.42 Å². The van der Waals surface area contributed by atoms with Crippen LogP contribution < -0.4 is 0 Å². The second kappa shape index (κ2) is 6.82. The molecule has 0 aromatic carbocycles. The third-order valence-corrected chi connectivity index (χ3v) is 1.68. The summed E-state index contributed by atoms with van der Waals surface area (Å²) in [6.45, 7) is 9.65. The maximum absolute atomic E-state index is 11.3. The Morgan fingerprint density at radius 3 is 2.07 bits per heavy atom. The molecule has 0 aromatic rings. The highest BCUT2D eigenvalue weighted by molar-refractivity contribution is 5.70. The minimum absolute atomic E-state index is 0.0127. The molecular weight excluding hydrogens is 180 g/mol. The molecule has 0 aliphatic rings. The second-order valence-electron chi connectivity index (χ2n) is 3.96. The summed E-state index contributed by atoms with van der Waals surface area (Å²) in [5, 5.41) is 0. The summed E-state index contributed by atoms with van der Waals surface area (Å²) in [6, 6.07) is 0. The van der Waals surface area contributed by atoms with Crippen molar-refractivity contribution in [1.82, 2.24) is 0 Å². The Morgan fingerprint density at radius 2 is 1.71 bits per heavy atom. The average Bonchev–Trinajstić information content (AvgIpc) is 2.00. The van der Waals surface area contributed by atoms with Gasteiger partial charge in [-0.3, -0.25) is 4.79 Å². The first kappa shape index (κ1) is 13.4. The van der Waals surface area contributed by atoms with Crippen molar-refractivity contribution in [3.8, 4) is 0 Å². The van der Waals surface area contributed by atoms with E-state index in [2.05, 4.69) is 0 Å². The quantitative estimate of drug-likeness (QED) is 0.621. The molecule has 14 heavy (non-hydrogen) atoms. The number of carbonyl (C=O) groups is 1. The minimum atomic E-state index is -0.174. The first-order valence-corrected chi connectivity index (χ1v) is 5.30. The summed E-state index contributed by atoms with van der Waals surface area (Å²) in [6.07, 6.45) is 1.30. The van der Waals surface area contributed by atoms with Gasteiger partial charge in [-0.15, -0.1) is 0 Å². The third kappa shape index (κ3) is 6.89. The highest BCUT2D eigenvalue weighted by atomic mass is 16.5. The normalized spacial score (nSPS) is 13.4. The zero-order valence-corrected chi connectivity index (χ0v) is 9.87. The van der Waals surface area contributed by atoms with Gasteiger partial charge in [-0.25, -0.2) is 0 Å². The van der Waals surface area contributed by atoms with Gasteiger partial charge in [0.05, 0.1) is 24.7 Å². The van der Waals surface area contributed by atoms with Crippen LogP contribution in [0.2, 0.25) is 0 Å². The topological polar surface area (TPSA) is 35.5 Å². The third-order valence-electron chi connectivity index (χ3n) is 1.68. The molecule has 84 valence electrons. The molecule has 3 nitrogen and oxygen atoms in total. The Kier molecular flexibility index (Phi) is 6.54. The van der Waals surface area contributed by atoms with Crippen LogP contribution in [0.5, 0.6) is 0 Å². The van der Waals surface area contributed by atoms with Gasteiger partial charge in [0, 0.05) is 0 Å². The van der Waals surface area contributed by atoms with E-state index in [-0.39, 0.29) is 24.3 Å². The van der Waals surface area contributed by atoms with Crippen LogP contribution in [0.1, 0.15) is 47.5 Å². The molecule has 3 heteroatoms. The van der Waals surface area contributed by atoms with Crippen molar-refractivity contribution in [2.24, 2.45) is 0 Å². The lowest BCUT2D eigenvalue weighted by Crippen LogP contribution is -2.23. The van der Waals surface area contributed by atoms with E-state index in [1.54, 1.807) is 0 Å². The molecule has 0 aliphatic heterocycles. The van der Waals surface area contributed by atoms with Crippen molar-refractivity contribution < 1.29 is 14.3 Å². The van der Waals surface area contributed by atoms with E-state index in [1.807, 2.05) is 34.6 Å². The molecule has 0 aliphatic carbocycles. The number of hydrogen-bond acceptors (Lipinski definition) is 3. The van der Waals surface area contributed by atoms with Crippen LogP contribution >= 0.6 is 0 Å². The van der Waals surface area contributed by atoms with Crippen molar-refractivity contribution >= 4 is 5.97 Å². The Labute approximate surface area is 86.8 Å². The van der Waals surface area contributed by atoms with Gasteiger partial charge < -0.3 is 9.47 Å². The molecule has 0 saturated heterocycles. The summed E-state index contributed by atoms with van der Waals surface area (Å²) >= 11 is 0. The first-order chi connectivity index (χ1) is 6.45. The molecule has 0 fully saturated rings. The maximum atomic E-state index is 11.3. The zero-order valence-electron chi connectivity index (χ0n) is 9.87. The minimum Gasteiger partial charge on any atom is -0.463 e. The summed E-state index contributed by atoms with van der Waals surface area (Å²) in [4.78, 5) is 11.3. The molecule has 0 heterocycles. The van der Waals surface area contributed by atoms with E-state index in [4.69, 9.17) is 9.47 Å². The van der Waals surface area contributed by atoms with Gasteiger partial charge in [0.2, 0.25) is 0 Å². The van der Waals surface area contributed by atoms with Crippen LogP contribution in [0.15, 0.2) is 0 Å². The molecule has 0 amide bonds. The van der Waals surface area contributed by atoms with Crippen LogP contribution in [0.4, 0.5) is 0 Å². The molecule has 0 aromatic heterocycles. The van der Waals surface area contributed by atoms with E-state index in [0.717, 1.165) is 6.42 Å². The molecular formula is C11H22O3. The first-order valence-electron chi connectivity index (χ1n) is 5.30. The Bertz CT molecular complexity index is 164. The lowest BCUT2D eigenvalue weighted by Gasteiger charge is -2.18. The fourth-order valence-electron chi connectivity index (χ4n) is 1.17. The summed E-state index contributed by atoms with van der Waals surface area (Å²) in [7, 11) is 0. The van der Waals surface area contributed by atoms with E-state index >= 15 is 0 Å².